The molecule has 1 N–H and O–H groups in total. The third-order valence-corrected chi connectivity index (χ3v) is 5.76. The summed E-state index contributed by atoms with van der Waals surface area (Å²) in [5.41, 5.74) is 3.11. The van der Waals surface area contributed by atoms with Gasteiger partial charge in [0.05, 0.1) is 6.42 Å². The van der Waals surface area contributed by atoms with Crippen molar-refractivity contribution in [2.24, 2.45) is 0 Å². The summed E-state index contributed by atoms with van der Waals surface area (Å²) in [5, 5.41) is 11.3. The molecule has 0 bridgehead atoms. The second kappa shape index (κ2) is 10.3. The maximum Gasteiger partial charge on any atom is 0.308 e. The molecular weight excluding hydrogens is 456 g/mol. The van der Waals surface area contributed by atoms with Crippen LogP contribution in [0.1, 0.15) is 22.6 Å². The number of oxazole rings is 1. The maximum atomic E-state index is 11.0. The average Bonchev–Trinajstić information content (AvgIpc) is 3.27. The lowest BCUT2D eigenvalue weighted by molar-refractivity contribution is -0.136. The number of carboxylic acid groups (broad SMARTS) is 1. The normalized spacial score (nSPS) is 10.9. The van der Waals surface area contributed by atoms with E-state index in [2.05, 4.69) is 34.2 Å². The van der Waals surface area contributed by atoms with Gasteiger partial charge < -0.3 is 19.0 Å². The van der Waals surface area contributed by atoms with Crippen molar-refractivity contribution in [2.45, 2.75) is 26.6 Å². The first-order chi connectivity index (χ1) is 17.5. The Morgan fingerprint density at radius 1 is 0.917 bits per heavy atom. The summed E-state index contributed by atoms with van der Waals surface area (Å²) < 4.78 is 17.6. The molecule has 0 unspecified atom stereocenters. The van der Waals surface area contributed by atoms with Gasteiger partial charge in [-0.05, 0) is 53.6 Å². The molecule has 5 rings (SSSR count). The highest BCUT2D eigenvalue weighted by Gasteiger charge is 2.13. The van der Waals surface area contributed by atoms with Crippen LogP contribution in [0.2, 0.25) is 0 Å². The van der Waals surface area contributed by atoms with Gasteiger partial charge in [0.15, 0.2) is 0 Å². The molecule has 7 heteroatoms. The predicted molar refractivity (Wildman–Crippen MR) is 135 cm³/mol. The molecule has 0 aliphatic rings. The molecule has 0 saturated carbocycles. The minimum atomic E-state index is -0.930. The molecule has 180 valence electrons. The number of carbonyl (C=O) groups is 1. The molecule has 0 spiro atoms. The van der Waals surface area contributed by atoms with E-state index >= 15 is 0 Å². The Kier molecular flexibility index (Phi) is 6.62. The number of hydrogen-bond acceptors (Lipinski definition) is 6. The van der Waals surface area contributed by atoms with Crippen LogP contribution in [0.5, 0.6) is 11.6 Å². The Labute approximate surface area is 208 Å². The van der Waals surface area contributed by atoms with E-state index in [1.54, 1.807) is 18.3 Å². The Morgan fingerprint density at radius 3 is 2.53 bits per heavy atom. The first-order valence-corrected chi connectivity index (χ1v) is 11.5. The van der Waals surface area contributed by atoms with E-state index in [1.807, 2.05) is 49.4 Å². The molecule has 2 heterocycles. The summed E-state index contributed by atoms with van der Waals surface area (Å²) in [7, 11) is 0. The lowest BCUT2D eigenvalue weighted by Crippen LogP contribution is -2.05. The highest BCUT2D eigenvalue weighted by atomic mass is 16.5. The summed E-state index contributed by atoms with van der Waals surface area (Å²) >= 11 is 0. The number of carboxylic acids is 1. The van der Waals surface area contributed by atoms with Gasteiger partial charge in [0.25, 0.3) is 0 Å². The number of ether oxygens (including phenoxy) is 2. The second-order valence-electron chi connectivity index (χ2n) is 8.34. The van der Waals surface area contributed by atoms with E-state index in [0.717, 1.165) is 28.0 Å². The third kappa shape index (κ3) is 5.36. The number of rotatable bonds is 9. The van der Waals surface area contributed by atoms with Crippen LogP contribution in [0.3, 0.4) is 0 Å². The van der Waals surface area contributed by atoms with Crippen LogP contribution < -0.4 is 9.47 Å². The van der Waals surface area contributed by atoms with Crippen molar-refractivity contribution in [1.29, 1.82) is 0 Å². The quantitative estimate of drug-likeness (QED) is 0.277. The minimum Gasteiger partial charge on any atom is -0.487 e. The largest absolute Gasteiger partial charge is 0.487 e. The first kappa shape index (κ1) is 23.1. The molecule has 0 aliphatic heterocycles. The van der Waals surface area contributed by atoms with E-state index in [-0.39, 0.29) is 19.6 Å². The van der Waals surface area contributed by atoms with E-state index in [0.29, 0.717) is 23.1 Å². The second-order valence-corrected chi connectivity index (χ2v) is 8.34. The van der Waals surface area contributed by atoms with E-state index in [9.17, 15) is 4.79 Å². The minimum absolute atomic E-state index is 0.139. The smallest absolute Gasteiger partial charge is 0.308 e. The zero-order chi connectivity index (χ0) is 24.9. The van der Waals surface area contributed by atoms with Gasteiger partial charge in [0.1, 0.15) is 30.4 Å². The third-order valence-electron chi connectivity index (χ3n) is 5.76. The van der Waals surface area contributed by atoms with Gasteiger partial charge in [-0.2, -0.15) is 0 Å². The molecule has 0 aliphatic carbocycles. The van der Waals surface area contributed by atoms with Crippen molar-refractivity contribution in [2.75, 3.05) is 0 Å². The fraction of sp³-hybridized carbons (Fsp3) is 0.138. The van der Waals surface area contributed by atoms with Gasteiger partial charge in [0.2, 0.25) is 11.8 Å². The molecular formula is C29H24N2O5. The number of fused-ring (bicyclic) bond motifs is 1. The molecule has 0 amide bonds. The molecule has 2 aromatic heterocycles. The van der Waals surface area contributed by atoms with Gasteiger partial charge in [-0.1, -0.05) is 48.5 Å². The number of hydrogen-bond donors (Lipinski definition) is 1. The Morgan fingerprint density at radius 2 is 1.72 bits per heavy atom. The summed E-state index contributed by atoms with van der Waals surface area (Å²) in [5.74, 6) is 1.37. The van der Waals surface area contributed by atoms with Crippen molar-refractivity contribution in [3.63, 3.8) is 0 Å². The lowest BCUT2D eigenvalue weighted by atomic mass is 10.1. The molecule has 0 radical (unpaired) electrons. The summed E-state index contributed by atoms with van der Waals surface area (Å²) in [6.07, 6.45) is 1.44. The van der Waals surface area contributed by atoms with Crippen LogP contribution in [0.25, 0.3) is 22.2 Å². The van der Waals surface area contributed by atoms with Gasteiger partial charge in [-0.25, -0.2) is 9.97 Å². The van der Waals surface area contributed by atoms with Gasteiger partial charge in [-0.15, -0.1) is 0 Å². The van der Waals surface area contributed by atoms with Gasteiger partial charge in [-0.3, -0.25) is 4.79 Å². The molecule has 5 aromatic rings. The Balaban J connectivity index is 1.20. The van der Waals surface area contributed by atoms with Gasteiger partial charge in [0, 0.05) is 17.3 Å². The first-order valence-electron chi connectivity index (χ1n) is 11.5. The van der Waals surface area contributed by atoms with Crippen molar-refractivity contribution < 1.29 is 23.8 Å². The Bertz CT molecular complexity index is 1510. The highest BCUT2D eigenvalue weighted by molar-refractivity contribution is 5.86. The van der Waals surface area contributed by atoms with Crippen LogP contribution in [0, 0.1) is 6.92 Å². The number of pyridine rings is 1. The number of benzene rings is 3. The zero-order valence-electron chi connectivity index (χ0n) is 19.7. The van der Waals surface area contributed by atoms with Crippen molar-refractivity contribution >= 4 is 16.7 Å². The fourth-order valence-electron chi connectivity index (χ4n) is 3.84. The molecule has 7 nitrogen and oxygen atoms in total. The average molecular weight is 481 g/mol. The number of aromatic nitrogens is 2. The SMILES string of the molecule is Cc1oc(-c2ccc3ccccc3c2)nc1COc1ccc(COc2ncccc2CC(=O)O)cc1. The predicted octanol–water partition coefficient (Wildman–Crippen LogP) is 5.98. The van der Waals surface area contributed by atoms with E-state index in [4.69, 9.17) is 19.0 Å². The monoisotopic (exact) mass is 480 g/mol. The van der Waals surface area contributed by atoms with E-state index in [1.165, 1.54) is 5.39 Å². The van der Waals surface area contributed by atoms with Crippen LogP contribution in [0.15, 0.2) is 89.5 Å². The van der Waals surface area contributed by atoms with Crippen LogP contribution in [0.4, 0.5) is 0 Å². The van der Waals surface area contributed by atoms with Crippen LogP contribution in [-0.2, 0) is 24.4 Å². The zero-order valence-corrected chi connectivity index (χ0v) is 19.7. The highest BCUT2D eigenvalue weighted by Crippen LogP contribution is 2.26. The molecule has 0 fully saturated rings. The number of aliphatic carboxylic acids is 1. The standard InChI is InChI=1S/C29H24N2O5/c1-19-26(31-29(36-19)24-11-10-21-5-2-3-6-22(21)15-24)18-34-25-12-8-20(9-13-25)17-35-28-23(16-27(32)33)7-4-14-30-28/h2-15H,16-18H2,1H3,(H,32,33). The maximum absolute atomic E-state index is 11.0. The topological polar surface area (TPSA) is 94.7 Å². The Hall–Kier alpha value is -4.65. The van der Waals surface area contributed by atoms with Gasteiger partial charge >= 0.3 is 5.97 Å². The van der Waals surface area contributed by atoms with Crippen molar-refractivity contribution in [3.05, 3.63) is 108 Å². The summed E-state index contributed by atoms with van der Waals surface area (Å²) in [4.78, 5) is 19.8. The molecule has 3 aromatic carbocycles. The lowest BCUT2D eigenvalue weighted by Gasteiger charge is -2.10. The number of aryl methyl sites for hydroxylation is 1. The molecule has 36 heavy (non-hydrogen) atoms. The van der Waals surface area contributed by atoms with Crippen LogP contribution >= 0.6 is 0 Å². The fourth-order valence-corrected chi connectivity index (χ4v) is 3.84. The number of nitrogens with zero attached hydrogens (tertiary/aromatic N) is 2. The van der Waals surface area contributed by atoms with Crippen molar-refractivity contribution in [3.8, 4) is 23.1 Å². The summed E-state index contributed by atoms with van der Waals surface area (Å²) in [6, 6.07) is 25.2. The summed E-state index contributed by atoms with van der Waals surface area (Å²) in [6.45, 7) is 2.43. The van der Waals surface area contributed by atoms with Crippen molar-refractivity contribution in [1.82, 2.24) is 9.97 Å². The molecule has 0 atom stereocenters. The van der Waals surface area contributed by atoms with Crippen LogP contribution in [-0.4, -0.2) is 21.0 Å². The van der Waals surface area contributed by atoms with E-state index < -0.39 is 5.97 Å². The molecule has 0 saturated heterocycles.